The van der Waals surface area contributed by atoms with Crippen LogP contribution < -0.4 is 5.32 Å². The number of nitrogens with one attached hydrogen (secondary N) is 1. The molecular weight excluding hydrogens is 296 g/mol. The monoisotopic (exact) mass is 316 g/mol. The van der Waals surface area contributed by atoms with E-state index in [2.05, 4.69) is 5.32 Å². The molecule has 2 rings (SSSR count). The first kappa shape index (κ1) is 16.6. The second kappa shape index (κ2) is 7.49. The van der Waals surface area contributed by atoms with Crippen LogP contribution in [0.5, 0.6) is 5.75 Å². The first-order valence-electron chi connectivity index (χ1n) is 7.32. The summed E-state index contributed by atoms with van der Waals surface area (Å²) in [6.07, 6.45) is 1.55. The van der Waals surface area contributed by atoms with Gasteiger partial charge in [-0.1, -0.05) is 12.1 Å². The van der Waals surface area contributed by atoms with Crippen LogP contribution in [0.1, 0.15) is 25.2 Å². The van der Waals surface area contributed by atoms with Gasteiger partial charge in [0.25, 0.3) is 0 Å². The van der Waals surface area contributed by atoms with E-state index in [9.17, 15) is 14.7 Å². The van der Waals surface area contributed by atoms with Crippen LogP contribution in [0.2, 0.25) is 0 Å². The molecule has 1 aromatic carbocycles. The van der Waals surface area contributed by atoms with Crippen molar-refractivity contribution < 1.29 is 19.1 Å². The third-order valence-corrected chi connectivity index (χ3v) is 3.34. The number of hydrogen-bond donors (Lipinski definition) is 2. The minimum absolute atomic E-state index is 0.171. The number of amides is 2. The van der Waals surface area contributed by atoms with Crippen LogP contribution in [0.3, 0.4) is 0 Å². The molecule has 0 saturated carbocycles. The number of benzene rings is 1. The van der Waals surface area contributed by atoms with Crippen LogP contribution in [0.15, 0.2) is 47.1 Å². The third-order valence-electron chi connectivity index (χ3n) is 3.34. The van der Waals surface area contributed by atoms with Gasteiger partial charge in [-0.25, -0.2) is 0 Å². The van der Waals surface area contributed by atoms with Gasteiger partial charge in [0, 0.05) is 13.5 Å². The molecule has 2 amide bonds. The summed E-state index contributed by atoms with van der Waals surface area (Å²) in [5.74, 6) is 0.370. The summed E-state index contributed by atoms with van der Waals surface area (Å²) in [4.78, 5) is 25.4. The van der Waals surface area contributed by atoms with Gasteiger partial charge >= 0.3 is 0 Å². The third kappa shape index (κ3) is 4.88. The second-order valence-corrected chi connectivity index (χ2v) is 5.36. The highest BCUT2D eigenvalue weighted by atomic mass is 16.3. The Morgan fingerprint density at radius 2 is 1.91 bits per heavy atom. The van der Waals surface area contributed by atoms with E-state index in [4.69, 9.17) is 4.42 Å². The summed E-state index contributed by atoms with van der Waals surface area (Å²) >= 11 is 0. The minimum atomic E-state index is -0.625. The van der Waals surface area contributed by atoms with Crippen LogP contribution >= 0.6 is 0 Å². The summed E-state index contributed by atoms with van der Waals surface area (Å²) in [5, 5.41) is 11.9. The molecule has 0 aliphatic rings. The van der Waals surface area contributed by atoms with Gasteiger partial charge < -0.3 is 19.7 Å². The number of nitrogens with zero attached hydrogens (tertiary/aromatic N) is 1. The second-order valence-electron chi connectivity index (χ2n) is 5.36. The Morgan fingerprint density at radius 3 is 2.48 bits per heavy atom. The molecule has 0 fully saturated rings. The predicted molar refractivity (Wildman–Crippen MR) is 84.3 cm³/mol. The highest BCUT2D eigenvalue weighted by Crippen LogP contribution is 2.15. The van der Waals surface area contributed by atoms with Crippen LogP contribution in [0.4, 0.5) is 0 Å². The molecule has 2 N–H and O–H groups in total. The van der Waals surface area contributed by atoms with Crippen molar-refractivity contribution in [2.45, 2.75) is 33.0 Å². The van der Waals surface area contributed by atoms with E-state index in [0.29, 0.717) is 18.8 Å². The maximum Gasteiger partial charge on any atom is 0.245 e. The van der Waals surface area contributed by atoms with E-state index in [1.165, 1.54) is 6.92 Å². The lowest BCUT2D eigenvalue weighted by Gasteiger charge is -2.25. The largest absolute Gasteiger partial charge is 0.508 e. The molecule has 0 aliphatic carbocycles. The van der Waals surface area contributed by atoms with E-state index in [1.807, 2.05) is 0 Å². The summed E-state index contributed by atoms with van der Waals surface area (Å²) in [6.45, 7) is 3.68. The molecule has 0 unspecified atom stereocenters. The van der Waals surface area contributed by atoms with Gasteiger partial charge in [-0.2, -0.15) is 0 Å². The molecule has 122 valence electrons. The Morgan fingerprint density at radius 1 is 1.22 bits per heavy atom. The summed E-state index contributed by atoms with van der Waals surface area (Å²) in [5.41, 5.74) is 0.873. The molecule has 23 heavy (non-hydrogen) atoms. The number of furan rings is 1. The van der Waals surface area contributed by atoms with Crippen molar-refractivity contribution in [2.75, 3.05) is 0 Å². The van der Waals surface area contributed by atoms with Crippen LogP contribution in [0, 0.1) is 0 Å². The fraction of sp³-hybridized carbons (Fsp3) is 0.294. The maximum atomic E-state index is 12.6. The highest BCUT2D eigenvalue weighted by Gasteiger charge is 2.22. The molecule has 6 heteroatoms. The molecular formula is C17H20N2O4. The summed E-state index contributed by atoms with van der Waals surface area (Å²) < 4.78 is 5.31. The number of phenols is 1. The standard InChI is InChI=1S/C17H20N2O4/c1-12(18-13(2)20)17(22)19(11-16-4-3-9-23-16)10-14-5-7-15(21)8-6-14/h3-9,12,21H,10-11H2,1-2H3,(H,18,20)/t12-/m1/s1. The lowest BCUT2D eigenvalue weighted by molar-refractivity contribution is -0.136. The number of rotatable bonds is 6. The van der Waals surface area contributed by atoms with Crippen LogP contribution in [0.25, 0.3) is 0 Å². The van der Waals surface area contributed by atoms with E-state index in [0.717, 1.165) is 5.56 Å². The summed E-state index contributed by atoms with van der Waals surface area (Å²) in [6, 6.07) is 9.57. The van der Waals surface area contributed by atoms with E-state index in [-0.39, 0.29) is 17.6 Å². The van der Waals surface area contributed by atoms with Gasteiger partial charge in [-0.3, -0.25) is 9.59 Å². The lowest BCUT2D eigenvalue weighted by Crippen LogP contribution is -2.45. The first-order valence-corrected chi connectivity index (χ1v) is 7.32. The zero-order chi connectivity index (χ0) is 16.8. The number of carbonyl (C=O) groups excluding carboxylic acids is 2. The zero-order valence-electron chi connectivity index (χ0n) is 13.2. The molecule has 0 aliphatic heterocycles. The quantitative estimate of drug-likeness (QED) is 0.854. The maximum absolute atomic E-state index is 12.6. The zero-order valence-corrected chi connectivity index (χ0v) is 13.2. The van der Waals surface area contributed by atoms with Crippen molar-refractivity contribution in [1.29, 1.82) is 0 Å². The fourth-order valence-corrected chi connectivity index (χ4v) is 2.26. The molecule has 0 spiro atoms. The number of phenolic OH excluding ortho intramolecular Hbond substituents is 1. The van der Waals surface area contributed by atoms with Crippen molar-refractivity contribution in [3.63, 3.8) is 0 Å². The van der Waals surface area contributed by atoms with Gasteiger partial charge in [0.1, 0.15) is 17.6 Å². The van der Waals surface area contributed by atoms with Gasteiger partial charge in [0.15, 0.2) is 0 Å². The lowest BCUT2D eigenvalue weighted by atomic mass is 10.1. The van der Waals surface area contributed by atoms with Gasteiger partial charge in [0.05, 0.1) is 12.8 Å². The van der Waals surface area contributed by atoms with Crippen molar-refractivity contribution in [3.05, 3.63) is 54.0 Å². The van der Waals surface area contributed by atoms with Crippen molar-refractivity contribution in [2.24, 2.45) is 0 Å². The molecule has 1 atom stereocenters. The Hall–Kier alpha value is -2.76. The average Bonchev–Trinajstić information content (AvgIpc) is 3.00. The molecule has 0 bridgehead atoms. The van der Waals surface area contributed by atoms with Gasteiger partial charge in [-0.15, -0.1) is 0 Å². The van der Waals surface area contributed by atoms with Crippen molar-refractivity contribution in [3.8, 4) is 5.75 Å². The molecule has 0 radical (unpaired) electrons. The topological polar surface area (TPSA) is 82.8 Å². The Balaban J connectivity index is 2.15. The Bertz CT molecular complexity index is 650. The van der Waals surface area contributed by atoms with Crippen molar-refractivity contribution >= 4 is 11.8 Å². The molecule has 2 aromatic rings. The molecule has 1 heterocycles. The number of hydrogen-bond acceptors (Lipinski definition) is 4. The fourth-order valence-electron chi connectivity index (χ4n) is 2.26. The van der Waals surface area contributed by atoms with Crippen LogP contribution in [-0.4, -0.2) is 27.9 Å². The van der Waals surface area contributed by atoms with Gasteiger partial charge in [-0.05, 0) is 36.8 Å². The number of aromatic hydroxyl groups is 1. The molecule has 6 nitrogen and oxygen atoms in total. The normalized spacial score (nSPS) is 11.7. The SMILES string of the molecule is CC(=O)N[C@H](C)C(=O)N(Cc1ccc(O)cc1)Cc1ccco1. The Labute approximate surface area is 134 Å². The highest BCUT2D eigenvalue weighted by molar-refractivity contribution is 5.86. The predicted octanol–water partition coefficient (Wildman–Crippen LogP) is 2.04. The van der Waals surface area contributed by atoms with Crippen LogP contribution in [-0.2, 0) is 22.7 Å². The van der Waals surface area contributed by atoms with E-state index >= 15 is 0 Å². The van der Waals surface area contributed by atoms with E-state index in [1.54, 1.807) is 54.5 Å². The molecule has 1 aromatic heterocycles. The summed E-state index contributed by atoms with van der Waals surface area (Å²) in [7, 11) is 0. The minimum Gasteiger partial charge on any atom is -0.508 e. The average molecular weight is 316 g/mol. The number of carbonyl (C=O) groups is 2. The first-order chi connectivity index (χ1) is 11.0. The van der Waals surface area contributed by atoms with E-state index < -0.39 is 6.04 Å². The Kier molecular flexibility index (Phi) is 5.41. The van der Waals surface area contributed by atoms with Crippen molar-refractivity contribution in [1.82, 2.24) is 10.2 Å². The molecule has 0 saturated heterocycles. The smallest absolute Gasteiger partial charge is 0.245 e. The van der Waals surface area contributed by atoms with Gasteiger partial charge in [0.2, 0.25) is 11.8 Å².